The second kappa shape index (κ2) is 6.76. The summed E-state index contributed by atoms with van der Waals surface area (Å²) in [5, 5.41) is 3.35. The third-order valence-electron chi connectivity index (χ3n) is 4.37. The van der Waals surface area contributed by atoms with Crippen LogP contribution in [-0.2, 0) is 14.2 Å². The Morgan fingerprint density at radius 3 is 2.95 bits per heavy atom. The lowest BCUT2D eigenvalue weighted by Gasteiger charge is -2.43. The molecule has 0 aromatic carbocycles. The summed E-state index contributed by atoms with van der Waals surface area (Å²) in [4.78, 5) is 0. The van der Waals surface area contributed by atoms with E-state index in [4.69, 9.17) is 14.2 Å². The molecule has 0 bridgehead atoms. The van der Waals surface area contributed by atoms with Gasteiger partial charge in [-0.15, -0.1) is 0 Å². The van der Waals surface area contributed by atoms with E-state index in [0.29, 0.717) is 6.10 Å². The number of nitrogens with one attached hydrogen (secondary N) is 1. The van der Waals surface area contributed by atoms with Crippen LogP contribution in [0.15, 0.2) is 0 Å². The largest absolute Gasteiger partial charge is 0.375 e. The van der Waals surface area contributed by atoms with Gasteiger partial charge in [0.2, 0.25) is 0 Å². The first-order chi connectivity index (χ1) is 9.36. The quantitative estimate of drug-likeness (QED) is 0.850. The van der Waals surface area contributed by atoms with Crippen molar-refractivity contribution >= 4 is 11.8 Å². The van der Waals surface area contributed by atoms with Crippen LogP contribution in [0.2, 0.25) is 0 Å². The lowest BCUT2D eigenvalue weighted by Crippen LogP contribution is -2.47. The minimum atomic E-state index is 0.125. The smallest absolute Gasteiger partial charge is 0.0933 e. The second-order valence-corrected chi connectivity index (χ2v) is 7.01. The Labute approximate surface area is 119 Å². The summed E-state index contributed by atoms with van der Waals surface area (Å²) in [7, 11) is 0. The van der Waals surface area contributed by atoms with E-state index in [2.05, 4.69) is 17.1 Å². The van der Waals surface area contributed by atoms with Gasteiger partial charge in [0.1, 0.15) is 0 Å². The van der Waals surface area contributed by atoms with Crippen molar-refractivity contribution in [2.24, 2.45) is 0 Å². The van der Waals surface area contributed by atoms with Gasteiger partial charge in [-0.1, -0.05) is 0 Å². The van der Waals surface area contributed by atoms with Crippen LogP contribution in [0.3, 0.4) is 0 Å². The van der Waals surface area contributed by atoms with Gasteiger partial charge in [-0.2, -0.15) is 11.8 Å². The zero-order valence-corrected chi connectivity index (χ0v) is 12.4. The number of hydrogen-bond donors (Lipinski definition) is 1. The molecule has 3 heterocycles. The Morgan fingerprint density at radius 2 is 2.16 bits per heavy atom. The monoisotopic (exact) mass is 287 g/mol. The fourth-order valence-electron chi connectivity index (χ4n) is 3.19. The van der Waals surface area contributed by atoms with Gasteiger partial charge in [0.25, 0.3) is 0 Å². The summed E-state index contributed by atoms with van der Waals surface area (Å²) >= 11 is 2.05. The highest BCUT2D eigenvalue weighted by Crippen LogP contribution is 2.38. The lowest BCUT2D eigenvalue weighted by molar-refractivity contribution is -0.149. The number of rotatable bonds is 3. The molecule has 1 spiro atoms. The molecule has 2 unspecified atom stereocenters. The molecule has 3 rings (SSSR count). The first-order valence-corrected chi connectivity index (χ1v) is 8.67. The molecule has 19 heavy (non-hydrogen) atoms. The van der Waals surface area contributed by atoms with Gasteiger partial charge >= 0.3 is 0 Å². The van der Waals surface area contributed by atoms with Gasteiger partial charge in [0, 0.05) is 26.1 Å². The van der Waals surface area contributed by atoms with E-state index < -0.39 is 0 Å². The van der Waals surface area contributed by atoms with E-state index in [0.717, 1.165) is 45.8 Å². The molecule has 0 saturated carbocycles. The summed E-state index contributed by atoms with van der Waals surface area (Å²) in [5.41, 5.74) is 0.125. The predicted molar refractivity (Wildman–Crippen MR) is 76.8 cm³/mol. The summed E-state index contributed by atoms with van der Waals surface area (Å²) in [6.45, 7) is 4.28. The van der Waals surface area contributed by atoms with Gasteiger partial charge in [0.15, 0.2) is 0 Å². The van der Waals surface area contributed by atoms with E-state index in [1.807, 2.05) is 0 Å². The van der Waals surface area contributed by atoms with E-state index >= 15 is 0 Å². The predicted octanol–water partition coefficient (Wildman–Crippen LogP) is 1.44. The molecule has 0 aliphatic carbocycles. The molecule has 0 aromatic rings. The van der Waals surface area contributed by atoms with Crippen LogP contribution < -0.4 is 5.32 Å². The Hall–Kier alpha value is 0.190. The molecular weight excluding hydrogens is 262 g/mol. The topological polar surface area (TPSA) is 39.7 Å². The van der Waals surface area contributed by atoms with Gasteiger partial charge in [-0.25, -0.2) is 0 Å². The average Bonchev–Trinajstić information content (AvgIpc) is 2.47. The van der Waals surface area contributed by atoms with E-state index in [9.17, 15) is 0 Å². The zero-order valence-electron chi connectivity index (χ0n) is 11.6. The molecule has 3 saturated heterocycles. The number of thioether (sulfide) groups is 1. The van der Waals surface area contributed by atoms with Gasteiger partial charge in [-0.3, -0.25) is 0 Å². The molecule has 5 heteroatoms. The summed E-state index contributed by atoms with van der Waals surface area (Å²) in [5.74, 6) is 2.48. The van der Waals surface area contributed by atoms with Crippen molar-refractivity contribution in [1.29, 1.82) is 0 Å². The van der Waals surface area contributed by atoms with Crippen molar-refractivity contribution in [2.75, 3.05) is 44.4 Å². The summed E-state index contributed by atoms with van der Waals surface area (Å²) in [6, 6.07) is 0. The van der Waals surface area contributed by atoms with Crippen molar-refractivity contribution in [1.82, 2.24) is 5.32 Å². The third-order valence-corrected chi connectivity index (χ3v) is 5.36. The molecule has 0 aromatic heterocycles. The standard InChI is InChI=1S/C14H25NO3S/c1-5-18-14(2-7-19-8-3-14)9-12(1)17-11-13-10-15-4-6-16-13/h12-13,15H,1-11H2. The number of hydrogen-bond acceptors (Lipinski definition) is 5. The minimum Gasteiger partial charge on any atom is -0.375 e. The highest BCUT2D eigenvalue weighted by molar-refractivity contribution is 7.99. The fraction of sp³-hybridized carbons (Fsp3) is 1.00. The van der Waals surface area contributed by atoms with Crippen molar-refractivity contribution in [3.63, 3.8) is 0 Å². The number of ether oxygens (including phenoxy) is 3. The Balaban J connectivity index is 1.45. The van der Waals surface area contributed by atoms with Crippen molar-refractivity contribution in [2.45, 2.75) is 43.5 Å². The fourth-order valence-corrected chi connectivity index (χ4v) is 4.42. The third kappa shape index (κ3) is 3.85. The van der Waals surface area contributed by atoms with Gasteiger partial charge in [0.05, 0.1) is 31.0 Å². The molecule has 2 atom stereocenters. The van der Waals surface area contributed by atoms with E-state index in [1.54, 1.807) is 0 Å². The van der Waals surface area contributed by atoms with Crippen molar-refractivity contribution in [3.8, 4) is 0 Å². The molecule has 0 radical (unpaired) electrons. The van der Waals surface area contributed by atoms with Crippen molar-refractivity contribution in [3.05, 3.63) is 0 Å². The van der Waals surface area contributed by atoms with Crippen LogP contribution in [0, 0.1) is 0 Å². The Morgan fingerprint density at radius 1 is 1.26 bits per heavy atom. The second-order valence-electron chi connectivity index (χ2n) is 5.79. The normalized spacial score (nSPS) is 35.4. The zero-order chi connectivity index (χ0) is 13.0. The van der Waals surface area contributed by atoms with Crippen LogP contribution >= 0.6 is 11.8 Å². The highest BCUT2D eigenvalue weighted by atomic mass is 32.2. The Kier molecular flexibility index (Phi) is 5.03. The highest BCUT2D eigenvalue weighted by Gasteiger charge is 2.39. The molecule has 0 amide bonds. The first kappa shape index (κ1) is 14.1. The summed E-state index contributed by atoms with van der Waals surface area (Å²) < 4.78 is 17.9. The summed E-state index contributed by atoms with van der Waals surface area (Å²) in [6.07, 6.45) is 5.10. The minimum absolute atomic E-state index is 0.125. The van der Waals surface area contributed by atoms with Crippen LogP contribution in [0.5, 0.6) is 0 Å². The molecule has 3 fully saturated rings. The molecule has 4 nitrogen and oxygen atoms in total. The van der Waals surface area contributed by atoms with E-state index in [1.165, 1.54) is 24.3 Å². The number of morpholine rings is 1. The van der Waals surface area contributed by atoms with Crippen LogP contribution in [0.4, 0.5) is 0 Å². The van der Waals surface area contributed by atoms with E-state index in [-0.39, 0.29) is 11.7 Å². The van der Waals surface area contributed by atoms with Crippen LogP contribution in [0.25, 0.3) is 0 Å². The maximum Gasteiger partial charge on any atom is 0.0933 e. The molecular formula is C14H25NO3S. The SMILES string of the molecule is C1COC(COC2CCOC3(CCSCC3)C2)CN1. The van der Waals surface area contributed by atoms with Gasteiger partial charge < -0.3 is 19.5 Å². The van der Waals surface area contributed by atoms with Crippen LogP contribution in [-0.4, -0.2) is 62.2 Å². The lowest BCUT2D eigenvalue weighted by atomic mass is 9.86. The van der Waals surface area contributed by atoms with Gasteiger partial charge in [-0.05, 0) is 30.8 Å². The maximum atomic E-state index is 6.10. The van der Waals surface area contributed by atoms with Crippen molar-refractivity contribution < 1.29 is 14.2 Å². The first-order valence-electron chi connectivity index (χ1n) is 7.52. The molecule has 110 valence electrons. The Bertz CT molecular complexity index is 272. The molecule has 3 aliphatic rings. The molecule has 3 aliphatic heterocycles. The van der Waals surface area contributed by atoms with Crippen LogP contribution in [0.1, 0.15) is 25.7 Å². The average molecular weight is 287 g/mol. The molecule has 1 N–H and O–H groups in total. The maximum absolute atomic E-state index is 6.10.